The molecule has 88 valence electrons. The van der Waals surface area contributed by atoms with Gasteiger partial charge in [0.2, 0.25) is 0 Å². The van der Waals surface area contributed by atoms with E-state index in [1.54, 1.807) is 0 Å². The summed E-state index contributed by atoms with van der Waals surface area (Å²) in [4.78, 5) is 0. The molecule has 2 nitrogen and oxygen atoms in total. The smallest absolute Gasteiger partial charge is 0.126 e. The third kappa shape index (κ3) is 2.08. The number of hydrogen-bond acceptors (Lipinski definition) is 2. The molecule has 0 atom stereocenters. The van der Waals surface area contributed by atoms with Crippen molar-refractivity contribution < 1.29 is 13.5 Å². The molecule has 2 rings (SSSR count). The number of ether oxygens (including phenoxy) is 1. The molecule has 0 aliphatic carbocycles. The van der Waals surface area contributed by atoms with Crippen molar-refractivity contribution in [3.05, 3.63) is 35.4 Å². The van der Waals surface area contributed by atoms with Crippen molar-refractivity contribution in [3.63, 3.8) is 0 Å². The zero-order valence-electron chi connectivity index (χ0n) is 9.01. The topological polar surface area (TPSA) is 35.2 Å². The highest BCUT2D eigenvalue weighted by molar-refractivity contribution is 5.28. The minimum atomic E-state index is -0.547. The van der Waals surface area contributed by atoms with E-state index in [0.717, 1.165) is 6.07 Å². The summed E-state index contributed by atoms with van der Waals surface area (Å²) in [6.45, 7) is 1.57. The van der Waals surface area contributed by atoms with E-state index in [9.17, 15) is 8.78 Å². The van der Waals surface area contributed by atoms with Gasteiger partial charge in [-0.3, -0.25) is 0 Å². The maximum atomic E-state index is 13.2. The largest absolute Gasteiger partial charge is 0.381 e. The quantitative estimate of drug-likeness (QED) is 0.838. The molecule has 16 heavy (non-hydrogen) atoms. The van der Waals surface area contributed by atoms with Crippen molar-refractivity contribution in [3.8, 4) is 0 Å². The van der Waals surface area contributed by atoms with Crippen LogP contribution in [0.4, 0.5) is 8.78 Å². The Balaban J connectivity index is 2.38. The standard InChI is InChI=1S/C12H15F2NO/c13-10-5-9(6-11(14)7-10)12(8-15)1-3-16-4-2-12/h5-7H,1-4,8,15H2. The molecule has 1 saturated heterocycles. The first-order chi connectivity index (χ1) is 7.66. The van der Waals surface area contributed by atoms with Gasteiger partial charge in [0.05, 0.1) is 0 Å². The van der Waals surface area contributed by atoms with Crippen molar-refractivity contribution in [1.82, 2.24) is 0 Å². The van der Waals surface area contributed by atoms with Gasteiger partial charge in [-0.25, -0.2) is 8.78 Å². The van der Waals surface area contributed by atoms with Gasteiger partial charge < -0.3 is 10.5 Å². The Kier molecular flexibility index (Phi) is 3.21. The molecule has 1 heterocycles. The second-order valence-electron chi connectivity index (χ2n) is 4.25. The maximum absolute atomic E-state index is 13.2. The van der Waals surface area contributed by atoms with Crippen molar-refractivity contribution in [2.75, 3.05) is 19.8 Å². The number of rotatable bonds is 2. The monoisotopic (exact) mass is 227 g/mol. The van der Waals surface area contributed by atoms with E-state index in [4.69, 9.17) is 10.5 Å². The Bertz CT molecular complexity index is 355. The first-order valence-corrected chi connectivity index (χ1v) is 5.41. The van der Waals surface area contributed by atoms with E-state index in [1.165, 1.54) is 12.1 Å². The second kappa shape index (κ2) is 4.47. The molecule has 2 N–H and O–H groups in total. The van der Waals surface area contributed by atoms with E-state index in [0.29, 0.717) is 38.2 Å². The van der Waals surface area contributed by atoms with Crippen LogP contribution in [0, 0.1) is 11.6 Å². The van der Waals surface area contributed by atoms with Gasteiger partial charge in [0.25, 0.3) is 0 Å². The number of nitrogens with two attached hydrogens (primary N) is 1. The second-order valence-corrected chi connectivity index (χ2v) is 4.25. The molecule has 4 heteroatoms. The molecule has 0 aromatic heterocycles. The molecule has 0 radical (unpaired) electrons. The number of benzene rings is 1. The fourth-order valence-electron chi connectivity index (χ4n) is 2.23. The van der Waals surface area contributed by atoms with Gasteiger partial charge in [-0.15, -0.1) is 0 Å². The first kappa shape index (κ1) is 11.5. The third-order valence-corrected chi connectivity index (χ3v) is 3.32. The molecule has 0 amide bonds. The average molecular weight is 227 g/mol. The Morgan fingerprint density at radius 2 is 1.69 bits per heavy atom. The Hall–Kier alpha value is -1.00. The summed E-state index contributed by atoms with van der Waals surface area (Å²) in [6, 6.07) is 3.63. The van der Waals surface area contributed by atoms with Crippen molar-refractivity contribution in [2.45, 2.75) is 18.3 Å². The molecule has 1 aliphatic heterocycles. The lowest BCUT2D eigenvalue weighted by atomic mass is 9.74. The lowest BCUT2D eigenvalue weighted by Gasteiger charge is -2.36. The van der Waals surface area contributed by atoms with Crippen LogP contribution >= 0.6 is 0 Å². The van der Waals surface area contributed by atoms with Gasteiger partial charge in [-0.05, 0) is 30.5 Å². The predicted octanol–water partition coefficient (Wildman–Crippen LogP) is 1.97. The molecular formula is C12H15F2NO. The SMILES string of the molecule is NCC1(c2cc(F)cc(F)c2)CCOCC1. The van der Waals surface area contributed by atoms with Crippen LogP contribution in [0.1, 0.15) is 18.4 Å². The van der Waals surface area contributed by atoms with Crippen LogP contribution in [0.3, 0.4) is 0 Å². The average Bonchev–Trinajstić information content (AvgIpc) is 2.28. The maximum Gasteiger partial charge on any atom is 0.126 e. The zero-order chi connectivity index (χ0) is 11.6. The van der Waals surface area contributed by atoms with E-state index < -0.39 is 11.6 Å². The van der Waals surface area contributed by atoms with Crippen molar-refractivity contribution in [1.29, 1.82) is 0 Å². The van der Waals surface area contributed by atoms with Crippen LogP contribution in [0.2, 0.25) is 0 Å². The van der Waals surface area contributed by atoms with Gasteiger partial charge in [-0.1, -0.05) is 0 Å². The van der Waals surface area contributed by atoms with Crippen LogP contribution in [-0.4, -0.2) is 19.8 Å². The van der Waals surface area contributed by atoms with Crippen LogP contribution in [-0.2, 0) is 10.2 Å². The molecule has 0 spiro atoms. The van der Waals surface area contributed by atoms with E-state index in [2.05, 4.69) is 0 Å². The van der Waals surface area contributed by atoms with Crippen molar-refractivity contribution in [2.24, 2.45) is 5.73 Å². The molecule has 1 aromatic rings. The molecule has 1 fully saturated rings. The van der Waals surface area contributed by atoms with Gasteiger partial charge in [0.15, 0.2) is 0 Å². The van der Waals surface area contributed by atoms with E-state index >= 15 is 0 Å². The molecule has 0 bridgehead atoms. The van der Waals surface area contributed by atoms with Gasteiger partial charge >= 0.3 is 0 Å². The van der Waals surface area contributed by atoms with Crippen LogP contribution in [0.15, 0.2) is 18.2 Å². The van der Waals surface area contributed by atoms with Crippen molar-refractivity contribution >= 4 is 0 Å². The molecule has 0 unspecified atom stereocenters. The number of hydrogen-bond donors (Lipinski definition) is 1. The Morgan fingerprint density at radius 3 is 2.19 bits per heavy atom. The fraction of sp³-hybridized carbons (Fsp3) is 0.500. The minimum Gasteiger partial charge on any atom is -0.381 e. The molecule has 1 aliphatic rings. The van der Waals surface area contributed by atoms with E-state index in [1.807, 2.05) is 0 Å². The zero-order valence-corrected chi connectivity index (χ0v) is 9.01. The molecular weight excluding hydrogens is 212 g/mol. The highest BCUT2D eigenvalue weighted by atomic mass is 19.1. The van der Waals surface area contributed by atoms with Gasteiger partial charge in [-0.2, -0.15) is 0 Å². The normalized spacial score (nSPS) is 19.7. The summed E-state index contributed by atoms with van der Waals surface area (Å²) in [5, 5.41) is 0. The predicted molar refractivity (Wildman–Crippen MR) is 57.1 cm³/mol. The Labute approximate surface area is 93.4 Å². The van der Waals surface area contributed by atoms with Crippen LogP contribution in [0.25, 0.3) is 0 Å². The summed E-state index contributed by atoms with van der Waals surface area (Å²) >= 11 is 0. The lowest BCUT2D eigenvalue weighted by molar-refractivity contribution is 0.0527. The summed E-state index contributed by atoms with van der Waals surface area (Å²) in [6.07, 6.45) is 1.43. The third-order valence-electron chi connectivity index (χ3n) is 3.32. The summed E-state index contributed by atoms with van der Waals surface area (Å²) in [5.74, 6) is -1.09. The fourth-order valence-corrected chi connectivity index (χ4v) is 2.23. The minimum absolute atomic E-state index is 0.332. The van der Waals surface area contributed by atoms with E-state index in [-0.39, 0.29) is 5.41 Å². The first-order valence-electron chi connectivity index (χ1n) is 5.41. The van der Waals surface area contributed by atoms with Crippen LogP contribution < -0.4 is 5.73 Å². The summed E-state index contributed by atoms with van der Waals surface area (Å²) in [5.41, 5.74) is 6.09. The van der Waals surface area contributed by atoms with Gasteiger partial charge in [0.1, 0.15) is 11.6 Å². The van der Waals surface area contributed by atoms with Gasteiger partial charge in [0, 0.05) is 31.2 Å². The number of halogens is 2. The molecule has 0 saturated carbocycles. The Morgan fingerprint density at radius 1 is 1.12 bits per heavy atom. The highest BCUT2D eigenvalue weighted by Crippen LogP contribution is 2.34. The summed E-state index contributed by atoms with van der Waals surface area (Å²) < 4.78 is 31.6. The summed E-state index contributed by atoms with van der Waals surface area (Å²) in [7, 11) is 0. The van der Waals surface area contributed by atoms with Crippen LogP contribution in [0.5, 0.6) is 0 Å². The molecule has 1 aromatic carbocycles. The lowest BCUT2D eigenvalue weighted by Crippen LogP contribution is -2.40. The highest BCUT2D eigenvalue weighted by Gasteiger charge is 2.33.